The van der Waals surface area contributed by atoms with Gasteiger partial charge in [-0.05, 0) is 19.3 Å². The molecule has 0 saturated heterocycles. The number of nitrogens with two attached hydrogens (primary N) is 2. The summed E-state index contributed by atoms with van der Waals surface area (Å²) in [6.45, 7) is 11.5. The Labute approximate surface area is 209 Å². The van der Waals surface area contributed by atoms with Crippen LogP contribution < -0.4 is 33.2 Å². The highest BCUT2D eigenvalue weighted by atomic mass is 33.1. The van der Waals surface area contributed by atoms with Crippen LogP contribution in [0.5, 0.6) is 0 Å². The number of carbonyl (C=O) groups is 3. The van der Waals surface area contributed by atoms with E-state index in [2.05, 4.69) is 34.5 Å². The van der Waals surface area contributed by atoms with Gasteiger partial charge in [0.25, 0.3) is 0 Å². The molecule has 0 radical (unpaired) electrons. The van der Waals surface area contributed by atoms with Gasteiger partial charge in [-0.15, -0.1) is 0 Å². The van der Waals surface area contributed by atoms with Gasteiger partial charge in [0.05, 0.1) is 0 Å². The molecule has 9 nitrogen and oxygen atoms in total. The molecule has 0 aromatic rings. The van der Waals surface area contributed by atoms with Gasteiger partial charge in [-0.25, -0.2) is 11.7 Å². The summed E-state index contributed by atoms with van der Waals surface area (Å²) < 4.78 is 0. The zero-order chi connectivity index (χ0) is 26.2. The first-order valence-corrected chi connectivity index (χ1v) is 14.2. The molecule has 0 aromatic heterocycles. The number of rotatable bonds is 16. The number of hydrogen-bond donors (Lipinski definition) is 6. The predicted molar refractivity (Wildman–Crippen MR) is 145 cm³/mol. The van der Waals surface area contributed by atoms with Gasteiger partial charge in [-0.1, -0.05) is 75.5 Å². The molecule has 0 saturated carbocycles. The minimum Gasteiger partial charge on any atom is -0.355 e. The fourth-order valence-corrected chi connectivity index (χ4v) is 3.67. The number of unbranched alkanes of at least 4 members (excludes halogenated alkanes) is 3. The minimum atomic E-state index is -0.196. The van der Waals surface area contributed by atoms with Crippen molar-refractivity contribution in [2.45, 2.75) is 86.0 Å². The third-order valence-electron chi connectivity index (χ3n) is 3.39. The Kier molecular flexibility index (Phi) is 44.1. The minimum absolute atomic E-state index is 0.0257. The van der Waals surface area contributed by atoms with Gasteiger partial charge in [0.15, 0.2) is 0 Å². The van der Waals surface area contributed by atoms with Gasteiger partial charge in [0.2, 0.25) is 17.7 Å². The van der Waals surface area contributed by atoms with Gasteiger partial charge in [-0.3, -0.25) is 25.2 Å². The zero-order valence-electron chi connectivity index (χ0n) is 21.3. The van der Waals surface area contributed by atoms with Crippen LogP contribution in [0.4, 0.5) is 0 Å². The molecule has 11 heteroatoms. The van der Waals surface area contributed by atoms with E-state index in [1.807, 2.05) is 27.7 Å². The van der Waals surface area contributed by atoms with Crippen LogP contribution in [0, 0.1) is 12.5 Å². The maximum absolute atomic E-state index is 11.4. The fourth-order valence-electron chi connectivity index (χ4n) is 1.85. The van der Waals surface area contributed by atoms with E-state index >= 15 is 0 Å². The Balaban J connectivity index is -0.000000270. The molecule has 0 unspecified atom stereocenters. The van der Waals surface area contributed by atoms with Gasteiger partial charge < -0.3 is 10.6 Å². The smallest absolute Gasteiger partial charge is 0.233 e. The first-order chi connectivity index (χ1) is 16.0. The van der Waals surface area contributed by atoms with Crippen LogP contribution in [0.15, 0.2) is 0 Å². The third-order valence-corrected chi connectivity index (χ3v) is 5.80. The molecule has 3 amide bonds. The van der Waals surface area contributed by atoms with Crippen molar-refractivity contribution < 1.29 is 14.4 Å². The van der Waals surface area contributed by atoms with E-state index in [-0.39, 0.29) is 17.7 Å². The summed E-state index contributed by atoms with van der Waals surface area (Å²) in [5, 5.41) is 5.63. The first kappa shape index (κ1) is 38.6. The standard InChI is InChI=1S/C12H22N4O2S2.C6H14N2O.2C2H6/c1-2-14-7-9-19-20-10-8-15-11(17)5-3-4-6-12(18)16-13;1-2-3-4-5-6(9)8-7;2*1-2/h1,14H,3-10,13H2,(H,15,17)(H,16,18);2-5,7H2,1H3,(H,8,9);2*1-2H3. The molecule has 0 fully saturated rings. The Hall–Kier alpha value is -1.61. The zero-order valence-corrected chi connectivity index (χ0v) is 22.9. The van der Waals surface area contributed by atoms with E-state index in [1.54, 1.807) is 21.6 Å². The maximum Gasteiger partial charge on any atom is 0.233 e. The summed E-state index contributed by atoms with van der Waals surface area (Å²) >= 11 is 0. The van der Waals surface area contributed by atoms with Crippen molar-refractivity contribution in [3.8, 4) is 12.5 Å². The van der Waals surface area contributed by atoms with Gasteiger partial charge in [-0.2, -0.15) is 0 Å². The van der Waals surface area contributed by atoms with Crippen LogP contribution in [0.3, 0.4) is 0 Å². The molecule has 0 aromatic carbocycles. The largest absolute Gasteiger partial charge is 0.355 e. The summed E-state index contributed by atoms with van der Waals surface area (Å²) in [5.74, 6) is 11.4. The molecular formula is C22H48N6O3S2. The monoisotopic (exact) mass is 508 g/mol. The van der Waals surface area contributed by atoms with E-state index in [0.717, 1.165) is 37.3 Å². The normalized spacial score (nSPS) is 8.67. The first-order valence-electron chi connectivity index (χ1n) is 11.7. The molecule has 0 spiro atoms. The molecule has 0 bridgehead atoms. The van der Waals surface area contributed by atoms with Crippen molar-refractivity contribution >= 4 is 39.3 Å². The Morgan fingerprint density at radius 2 is 1.18 bits per heavy atom. The average molecular weight is 509 g/mol. The third kappa shape index (κ3) is 41.2. The van der Waals surface area contributed by atoms with Crippen LogP contribution >= 0.6 is 21.6 Å². The Morgan fingerprint density at radius 1 is 0.758 bits per heavy atom. The Bertz CT molecular complexity index is 478. The van der Waals surface area contributed by atoms with Crippen molar-refractivity contribution in [3.63, 3.8) is 0 Å². The second-order valence-corrected chi connectivity index (χ2v) is 8.57. The van der Waals surface area contributed by atoms with Gasteiger partial charge in [0, 0.05) is 49.9 Å². The topological polar surface area (TPSA) is 151 Å². The van der Waals surface area contributed by atoms with Crippen molar-refractivity contribution in [1.29, 1.82) is 0 Å². The van der Waals surface area contributed by atoms with Gasteiger partial charge >= 0.3 is 0 Å². The molecule has 33 heavy (non-hydrogen) atoms. The lowest BCUT2D eigenvalue weighted by molar-refractivity contribution is -0.123. The fraction of sp³-hybridized carbons (Fsp3) is 0.773. The number of amides is 3. The van der Waals surface area contributed by atoms with E-state index in [0.29, 0.717) is 38.6 Å². The SMILES string of the molecule is C#CNCCSSCCNC(=O)CCCCC(=O)NN.CC.CC.CCCCCC(=O)NN. The number of hydrogen-bond acceptors (Lipinski definition) is 8. The molecular weight excluding hydrogens is 460 g/mol. The molecule has 0 aliphatic rings. The highest BCUT2D eigenvalue weighted by Crippen LogP contribution is 2.19. The number of carbonyl (C=O) groups excluding carboxylic acids is 3. The predicted octanol–water partition coefficient (Wildman–Crippen LogP) is 2.82. The van der Waals surface area contributed by atoms with Crippen LogP contribution in [0.25, 0.3) is 0 Å². The van der Waals surface area contributed by atoms with Crippen molar-refractivity contribution in [2.24, 2.45) is 11.7 Å². The van der Waals surface area contributed by atoms with E-state index in [9.17, 15) is 14.4 Å². The van der Waals surface area contributed by atoms with Crippen LogP contribution in [-0.2, 0) is 14.4 Å². The molecule has 0 atom stereocenters. The number of hydrazine groups is 2. The highest BCUT2D eigenvalue weighted by molar-refractivity contribution is 8.76. The highest BCUT2D eigenvalue weighted by Gasteiger charge is 2.02. The average Bonchev–Trinajstić information content (AvgIpc) is 2.86. The number of terminal acetylenes is 1. The molecule has 0 aliphatic carbocycles. The quantitative estimate of drug-likeness (QED) is 0.0354. The second-order valence-electron chi connectivity index (χ2n) is 5.86. The van der Waals surface area contributed by atoms with E-state index in [4.69, 9.17) is 18.1 Å². The van der Waals surface area contributed by atoms with Crippen LogP contribution in [0.1, 0.15) is 86.0 Å². The summed E-state index contributed by atoms with van der Waals surface area (Å²) in [7, 11) is 3.43. The Morgan fingerprint density at radius 3 is 1.61 bits per heavy atom. The summed E-state index contributed by atoms with van der Waals surface area (Å²) in [5.41, 5.74) is 4.14. The summed E-state index contributed by atoms with van der Waals surface area (Å²) in [6.07, 6.45) is 11.0. The van der Waals surface area contributed by atoms with Crippen LogP contribution in [0.2, 0.25) is 0 Å². The second kappa shape index (κ2) is 37.7. The van der Waals surface area contributed by atoms with Gasteiger partial charge in [0.1, 0.15) is 0 Å². The van der Waals surface area contributed by atoms with Crippen molar-refractivity contribution in [2.75, 3.05) is 24.6 Å². The molecule has 0 rings (SSSR count). The lowest BCUT2D eigenvalue weighted by Gasteiger charge is -2.05. The molecule has 0 heterocycles. The molecule has 0 aliphatic heterocycles. The number of nitrogens with one attached hydrogen (secondary N) is 4. The lowest BCUT2D eigenvalue weighted by atomic mass is 10.2. The maximum atomic E-state index is 11.4. The van der Waals surface area contributed by atoms with Crippen molar-refractivity contribution in [1.82, 2.24) is 21.5 Å². The lowest BCUT2D eigenvalue weighted by Crippen LogP contribution is -2.29. The molecule has 196 valence electrons. The van der Waals surface area contributed by atoms with E-state index < -0.39 is 0 Å². The van der Waals surface area contributed by atoms with Crippen LogP contribution in [-0.4, -0.2) is 42.3 Å². The summed E-state index contributed by atoms with van der Waals surface area (Å²) in [4.78, 5) is 32.7. The summed E-state index contributed by atoms with van der Waals surface area (Å²) in [6, 6.07) is 2.36. The van der Waals surface area contributed by atoms with Crippen molar-refractivity contribution in [3.05, 3.63) is 0 Å². The molecule has 8 N–H and O–H groups in total. The van der Waals surface area contributed by atoms with E-state index in [1.165, 1.54) is 0 Å².